The van der Waals surface area contributed by atoms with Gasteiger partial charge in [0.05, 0.1) is 0 Å². The van der Waals surface area contributed by atoms with Gasteiger partial charge in [-0.3, -0.25) is 0 Å². The molecule has 4 heteroatoms. The molecule has 3 aliphatic rings. The Morgan fingerprint density at radius 2 is 1.76 bits per heavy atom. The Bertz CT molecular complexity index is 791. The zero-order valence-corrected chi connectivity index (χ0v) is 14.7. The summed E-state index contributed by atoms with van der Waals surface area (Å²) >= 11 is 0. The summed E-state index contributed by atoms with van der Waals surface area (Å²) in [6.45, 7) is 5.60. The summed E-state index contributed by atoms with van der Waals surface area (Å²) in [5, 5.41) is 0. The van der Waals surface area contributed by atoms with E-state index in [4.69, 9.17) is 14.3 Å². The highest BCUT2D eigenvalue weighted by molar-refractivity contribution is 5.31. The van der Waals surface area contributed by atoms with E-state index in [9.17, 15) is 0 Å². The maximum absolute atomic E-state index is 6.39. The molecule has 2 aromatic rings. The number of rotatable bonds is 2. The van der Waals surface area contributed by atoms with Crippen molar-refractivity contribution in [2.24, 2.45) is 0 Å². The number of hydrogen-bond donors (Lipinski definition) is 0. The van der Waals surface area contributed by atoms with Crippen LogP contribution < -0.4 is 0 Å². The van der Waals surface area contributed by atoms with Crippen LogP contribution in [0.3, 0.4) is 0 Å². The summed E-state index contributed by atoms with van der Waals surface area (Å²) in [5.41, 5.74) is 3.93. The van der Waals surface area contributed by atoms with Crippen molar-refractivity contribution in [1.82, 2.24) is 0 Å². The Balaban J connectivity index is 1.51. The molecule has 4 nitrogen and oxygen atoms in total. The van der Waals surface area contributed by atoms with E-state index in [2.05, 4.69) is 48.5 Å². The van der Waals surface area contributed by atoms with Gasteiger partial charge in [-0.25, -0.2) is 0 Å². The van der Waals surface area contributed by atoms with E-state index in [1.54, 1.807) is 0 Å². The van der Waals surface area contributed by atoms with Crippen LogP contribution in [0.15, 0.2) is 54.6 Å². The van der Waals surface area contributed by atoms with Crippen molar-refractivity contribution < 1.29 is 19.0 Å². The average molecular weight is 338 g/mol. The monoisotopic (exact) mass is 338 g/mol. The maximum Gasteiger partial charge on any atom is 0.300 e. The van der Waals surface area contributed by atoms with E-state index in [-0.39, 0.29) is 18.4 Å². The standard InChI is InChI=1S/C21H24NO3/c1-21(2)23-14-18(19(24-21)16-9-4-3-5-10-16)22-13-12-15-8-6-7-11-17(15)20(22)25-22/h3-11,18-20H,12-14H2,1-2H3/q+1/t18-,19-,20?,22?/m0/s1. The molecule has 0 aromatic heterocycles. The van der Waals surface area contributed by atoms with Gasteiger partial charge in [-0.2, -0.15) is 0 Å². The Kier molecular flexibility index (Phi) is 3.35. The van der Waals surface area contributed by atoms with Gasteiger partial charge in [-0.1, -0.05) is 48.5 Å². The third-order valence-electron chi connectivity index (χ3n) is 5.75. The molecule has 0 radical (unpaired) electrons. The summed E-state index contributed by atoms with van der Waals surface area (Å²) < 4.78 is 13.1. The lowest BCUT2D eigenvalue weighted by Crippen LogP contribution is -2.55. The summed E-state index contributed by atoms with van der Waals surface area (Å²) in [5.74, 6) is -0.575. The van der Waals surface area contributed by atoms with Gasteiger partial charge in [0.15, 0.2) is 11.8 Å². The van der Waals surface area contributed by atoms with Crippen molar-refractivity contribution in [2.45, 2.75) is 44.4 Å². The predicted octanol–water partition coefficient (Wildman–Crippen LogP) is 3.90. The van der Waals surface area contributed by atoms with Gasteiger partial charge < -0.3 is 9.47 Å². The average Bonchev–Trinajstić information content (AvgIpc) is 3.38. The first-order chi connectivity index (χ1) is 12.1. The number of hydrogen-bond acceptors (Lipinski definition) is 3. The molecule has 2 aromatic carbocycles. The fourth-order valence-electron chi connectivity index (χ4n) is 4.42. The lowest BCUT2D eigenvalue weighted by Gasteiger charge is -2.42. The molecule has 3 aliphatic heterocycles. The lowest BCUT2D eigenvalue weighted by atomic mass is 9.94. The molecule has 0 spiro atoms. The number of ether oxygens (including phenoxy) is 2. The highest BCUT2D eigenvalue weighted by Crippen LogP contribution is 2.57. The van der Waals surface area contributed by atoms with Gasteiger partial charge in [0.1, 0.15) is 19.3 Å². The van der Waals surface area contributed by atoms with Crippen LogP contribution in [0, 0.1) is 0 Å². The number of benzene rings is 2. The van der Waals surface area contributed by atoms with Crippen LogP contribution in [0.4, 0.5) is 0 Å². The normalized spacial score (nSPS) is 35.5. The molecule has 0 aliphatic carbocycles. The SMILES string of the molecule is CC1(C)OC[C@H]([N+]23CCc4ccccc4C2O3)[C@H](c2ccccc2)O1. The topological polar surface area (TPSA) is 31.0 Å². The molecule has 25 heavy (non-hydrogen) atoms. The molecule has 5 rings (SSSR count). The molecule has 0 N–H and O–H groups in total. The Morgan fingerprint density at radius 1 is 1.00 bits per heavy atom. The fourth-order valence-corrected chi connectivity index (χ4v) is 4.42. The minimum absolute atomic E-state index is 0.0276. The molecule has 0 saturated carbocycles. The van der Waals surface area contributed by atoms with Crippen molar-refractivity contribution in [3.05, 3.63) is 71.3 Å². The van der Waals surface area contributed by atoms with Gasteiger partial charge in [-0.15, -0.1) is 9.48 Å². The molecule has 3 heterocycles. The van der Waals surface area contributed by atoms with Crippen molar-refractivity contribution in [3.63, 3.8) is 0 Å². The third-order valence-corrected chi connectivity index (χ3v) is 5.75. The van der Waals surface area contributed by atoms with Gasteiger partial charge in [0.25, 0.3) is 0 Å². The third kappa shape index (κ3) is 2.44. The van der Waals surface area contributed by atoms with E-state index >= 15 is 0 Å². The van der Waals surface area contributed by atoms with Crippen molar-refractivity contribution in [3.8, 4) is 0 Å². The van der Waals surface area contributed by atoms with Crippen molar-refractivity contribution >= 4 is 0 Å². The first-order valence-electron chi connectivity index (χ1n) is 9.09. The quantitative estimate of drug-likeness (QED) is 0.615. The smallest absolute Gasteiger partial charge is 0.300 e. The van der Waals surface area contributed by atoms with Crippen LogP contribution in [0.25, 0.3) is 0 Å². The zero-order chi connectivity index (χ0) is 17.1. The van der Waals surface area contributed by atoms with Gasteiger partial charge in [0, 0.05) is 12.0 Å². The second-order valence-corrected chi connectivity index (χ2v) is 7.71. The van der Waals surface area contributed by atoms with Crippen LogP contribution in [-0.2, 0) is 20.7 Å². The summed E-state index contributed by atoms with van der Waals surface area (Å²) in [6.07, 6.45) is 1.13. The van der Waals surface area contributed by atoms with Crippen molar-refractivity contribution in [1.29, 1.82) is 0 Å². The highest BCUT2D eigenvalue weighted by Gasteiger charge is 2.69. The van der Waals surface area contributed by atoms with E-state index in [1.165, 1.54) is 16.7 Å². The van der Waals surface area contributed by atoms with Crippen LogP contribution in [0.5, 0.6) is 0 Å². The van der Waals surface area contributed by atoms with Crippen LogP contribution in [-0.4, -0.2) is 29.6 Å². The molecule has 130 valence electrons. The Morgan fingerprint density at radius 3 is 2.60 bits per heavy atom. The zero-order valence-electron chi connectivity index (χ0n) is 14.7. The predicted molar refractivity (Wildman–Crippen MR) is 93.2 cm³/mol. The lowest BCUT2D eigenvalue weighted by molar-refractivity contribution is -0.955. The maximum atomic E-state index is 6.39. The van der Waals surface area contributed by atoms with Gasteiger partial charge >= 0.3 is 6.23 Å². The van der Waals surface area contributed by atoms with E-state index in [1.807, 2.05) is 19.9 Å². The highest BCUT2D eigenvalue weighted by atomic mass is 16.9. The van der Waals surface area contributed by atoms with E-state index in [0.29, 0.717) is 11.3 Å². The molecule has 2 saturated heterocycles. The Labute approximate surface area is 148 Å². The first-order valence-corrected chi connectivity index (χ1v) is 9.09. The summed E-state index contributed by atoms with van der Waals surface area (Å²) in [6, 6.07) is 19.3. The molecule has 4 atom stereocenters. The number of hydroxylamine groups is 3. The molecular weight excluding hydrogens is 314 g/mol. The first kappa shape index (κ1) is 15.5. The molecule has 0 amide bonds. The van der Waals surface area contributed by atoms with Crippen LogP contribution in [0.2, 0.25) is 0 Å². The van der Waals surface area contributed by atoms with Crippen LogP contribution in [0.1, 0.15) is 42.9 Å². The fraction of sp³-hybridized carbons (Fsp3) is 0.429. The van der Waals surface area contributed by atoms with Crippen LogP contribution >= 0.6 is 0 Å². The van der Waals surface area contributed by atoms with E-state index < -0.39 is 5.79 Å². The molecule has 2 unspecified atom stereocenters. The summed E-state index contributed by atoms with van der Waals surface area (Å²) in [7, 11) is 0. The van der Waals surface area contributed by atoms with Gasteiger partial charge in [0.2, 0.25) is 0 Å². The number of quaternary nitrogens is 1. The Hall–Kier alpha value is -1.72. The largest absolute Gasteiger partial charge is 0.344 e. The summed E-state index contributed by atoms with van der Waals surface area (Å²) in [4.78, 5) is 6.33. The van der Waals surface area contributed by atoms with Crippen molar-refractivity contribution in [2.75, 3.05) is 13.2 Å². The molecular formula is C21H24NO3+. The minimum Gasteiger partial charge on any atom is -0.344 e. The second-order valence-electron chi connectivity index (χ2n) is 7.71. The molecule has 2 fully saturated rings. The van der Waals surface area contributed by atoms with Gasteiger partial charge in [-0.05, 0) is 31.0 Å². The second kappa shape index (κ2) is 5.39. The van der Waals surface area contributed by atoms with E-state index in [0.717, 1.165) is 13.0 Å². The molecule has 0 bridgehead atoms. The minimum atomic E-state index is -0.575. The number of nitrogens with zero attached hydrogens (tertiary/aromatic N) is 1. The number of fused-ring (bicyclic) bond motifs is 3.